The first-order valence-electron chi connectivity index (χ1n) is 13.5. The molecule has 1 unspecified atom stereocenters. The molecule has 1 aliphatic heterocycles. The van der Waals surface area contributed by atoms with Crippen LogP contribution in [0.2, 0.25) is 5.02 Å². The summed E-state index contributed by atoms with van der Waals surface area (Å²) >= 11 is 6.72. The van der Waals surface area contributed by atoms with Crippen molar-refractivity contribution in [2.45, 2.75) is 37.7 Å². The number of carbonyl (C=O) groups is 2. The maximum Gasteiger partial charge on any atom is 0.490 e. The molecule has 2 aromatic carbocycles. The molecule has 0 radical (unpaired) electrons. The van der Waals surface area contributed by atoms with Crippen molar-refractivity contribution in [2.75, 3.05) is 13.1 Å². The number of fused-ring (bicyclic) bond motifs is 1. The molecular formula is C31H26ClF6N3O4. The molecule has 7 nitrogen and oxygen atoms in total. The number of benzene rings is 2. The van der Waals surface area contributed by atoms with Crippen molar-refractivity contribution in [3.8, 4) is 11.1 Å². The lowest BCUT2D eigenvalue weighted by Crippen LogP contribution is -2.45. The number of hydrogen-bond donors (Lipinski definition) is 2. The Hall–Kier alpha value is -4.23. The van der Waals surface area contributed by atoms with E-state index in [2.05, 4.69) is 9.97 Å². The SMILES string of the molecule is CC(=O)N1CCC(C(O)(c2cccnc2)c2ccc3nc(C(F)(F)F)c(-c4ccccc4)c(Cl)c3c2)CC1.O=C(O)C(F)(F)F. The number of carbonyl (C=O) groups excluding carboxylic acids is 1. The van der Waals surface area contributed by atoms with E-state index < -0.39 is 29.6 Å². The summed E-state index contributed by atoms with van der Waals surface area (Å²) in [7, 11) is 0. The van der Waals surface area contributed by atoms with Gasteiger partial charge in [-0.15, -0.1) is 0 Å². The van der Waals surface area contributed by atoms with E-state index in [-0.39, 0.29) is 27.9 Å². The van der Waals surface area contributed by atoms with Gasteiger partial charge in [-0.25, -0.2) is 9.78 Å². The summed E-state index contributed by atoms with van der Waals surface area (Å²) in [5.74, 6) is -3.05. The van der Waals surface area contributed by atoms with Crippen LogP contribution in [0.5, 0.6) is 0 Å². The number of hydrogen-bond acceptors (Lipinski definition) is 5. The maximum absolute atomic E-state index is 14.1. The van der Waals surface area contributed by atoms with Gasteiger partial charge in [0, 0.05) is 48.9 Å². The summed E-state index contributed by atoms with van der Waals surface area (Å²) in [5, 5.41) is 19.7. The molecule has 0 saturated carbocycles. The number of nitrogens with zero attached hydrogens (tertiary/aromatic N) is 3. The Balaban J connectivity index is 0.000000591. The van der Waals surface area contributed by atoms with Crippen LogP contribution in [0.25, 0.3) is 22.0 Å². The monoisotopic (exact) mass is 653 g/mol. The number of aliphatic hydroxyl groups is 1. The summed E-state index contributed by atoms with van der Waals surface area (Å²) in [6.07, 6.45) is -5.53. The van der Waals surface area contributed by atoms with Crippen LogP contribution in [-0.2, 0) is 21.4 Å². The largest absolute Gasteiger partial charge is 0.490 e. The first kappa shape index (κ1) is 33.7. The maximum atomic E-state index is 14.1. The molecule has 2 aromatic heterocycles. The molecule has 1 saturated heterocycles. The van der Waals surface area contributed by atoms with Crippen LogP contribution in [0.1, 0.15) is 36.6 Å². The molecule has 1 amide bonds. The second kappa shape index (κ2) is 13.0. The molecule has 2 N–H and O–H groups in total. The third-order valence-electron chi connectivity index (χ3n) is 7.57. The average molecular weight is 654 g/mol. The molecule has 5 rings (SSSR count). The standard InChI is InChI=1S/C29H25ClF3N3O2.C2HF3O2/c1-18(37)36-14-11-20(12-15-36)28(38,22-8-5-13-34-17-22)21-9-10-24-23(16-21)26(30)25(19-6-3-2-4-7-19)27(35-24)29(31,32)33;3-2(4,5)1(6)7/h2-10,13,16-17,20,38H,11-12,14-15H2,1H3;(H,6,7). The molecule has 1 aliphatic rings. The Labute approximate surface area is 258 Å². The summed E-state index contributed by atoms with van der Waals surface area (Å²) in [6, 6.07) is 16.3. The average Bonchev–Trinajstić information content (AvgIpc) is 3.00. The zero-order valence-electron chi connectivity index (χ0n) is 23.5. The molecule has 3 heterocycles. The van der Waals surface area contributed by atoms with Gasteiger partial charge in [-0.2, -0.15) is 26.3 Å². The molecule has 4 aromatic rings. The number of aliphatic carboxylic acids is 1. The number of alkyl halides is 6. The summed E-state index contributed by atoms with van der Waals surface area (Å²) in [5.41, 5.74) is -1.38. The number of pyridine rings is 2. The summed E-state index contributed by atoms with van der Waals surface area (Å²) < 4.78 is 73.9. The van der Waals surface area contributed by atoms with Gasteiger partial charge < -0.3 is 15.1 Å². The molecule has 1 atom stereocenters. The number of piperidine rings is 1. The van der Waals surface area contributed by atoms with E-state index in [1.54, 1.807) is 71.9 Å². The third-order valence-corrected chi connectivity index (χ3v) is 7.96. The van der Waals surface area contributed by atoms with Gasteiger partial charge in [0.25, 0.3) is 0 Å². The Morgan fingerprint density at radius 2 is 1.56 bits per heavy atom. The van der Waals surface area contributed by atoms with Crippen LogP contribution < -0.4 is 0 Å². The van der Waals surface area contributed by atoms with E-state index in [0.717, 1.165) is 0 Å². The lowest BCUT2D eigenvalue weighted by Gasteiger charge is -2.42. The first-order chi connectivity index (χ1) is 21.0. The molecule has 45 heavy (non-hydrogen) atoms. The third kappa shape index (κ3) is 7.20. The fourth-order valence-corrected chi connectivity index (χ4v) is 5.72. The highest BCUT2D eigenvalue weighted by Gasteiger charge is 2.43. The Morgan fingerprint density at radius 3 is 2.07 bits per heavy atom. The number of aromatic nitrogens is 2. The molecule has 0 aliphatic carbocycles. The number of carboxylic acids is 1. The van der Waals surface area contributed by atoms with Gasteiger partial charge in [0.2, 0.25) is 5.91 Å². The number of likely N-dealkylation sites (tertiary alicyclic amines) is 1. The van der Waals surface area contributed by atoms with Crippen molar-refractivity contribution >= 4 is 34.4 Å². The minimum Gasteiger partial charge on any atom is -0.475 e. The van der Waals surface area contributed by atoms with E-state index in [4.69, 9.17) is 21.5 Å². The number of rotatable bonds is 4. The van der Waals surface area contributed by atoms with Crippen LogP contribution in [0.3, 0.4) is 0 Å². The molecule has 0 bridgehead atoms. The fraction of sp³-hybridized carbons (Fsp3) is 0.290. The zero-order valence-corrected chi connectivity index (χ0v) is 24.3. The minimum absolute atomic E-state index is 0.0224. The molecular weight excluding hydrogens is 628 g/mol. The second-order valence-corrected chi connectivity index (χ2v) is 10.7. The minimum atomic E-state index is -5.08. The van der Waals surface area contributed by atoms with Gasteiger partial charge in [-0.3, -0.25) is 9.78 Å². The van der Waals surface area contributed by atoms with E-state index in [1.165, 1.54) is 13.0 Å². The van der Waals surface area contributed by atoms with Crippen molar-refractivity contribution in [2.24, 2.45) is 5.92 Å². The smallest absolute Gasteiger partial charge is 0.475 e. The van der Waals surface area contributed by atoms with Gasteiger partial charge >= 0.3 is 18.3 Å². The van der Waals surface area contributed by atoms with Crippen molar-refractivity contribution < 1.29 is 46.1 Å². The van der Waals surface area contributed by atoms with Gasteiger partial charge in [-0.1, -0.05) is 54.1 Å². The Bertz CT molecular complexity index is 1680. The highest BCUT2D eigenvalue weighted by molar-refractivity contribution is 6.38. The van der Waals surface area contributed by atoms with Crippen LogP contribution in [0, 0.1) is 5.92 Å². The Kier molecular flexibility index (Phi) is 9.74. The summed E-state index contributed by atoms with van der Waals surface area (Å²) in [6.45, 7) is 2.50. The highest BCUT2D eigenvalue weighted by Crippen LogP contribution is 2.46. The molecule has 238 valence electrons. The highest BCUT2D eigenvalue weighted by atomic mass is 35.5. The second-order valence-electron chi connectivity index (χ2n) is 10.3. The van der Waals surface area contributed by atoms with Crippen molar-refractivity contribution in [3.05, 3.63) is 94.9 Å². The van der Waals surface area contributed by atoms with Crippen LogP contribution in [-0.4, -0.2) is 56.2 Å². The normalized spacial score (nSPS) is 15.6. The predicted molar refractivity (Wildman–Crippen MR) is 153 cm³/mol. The van der Waals surface area contributed by atoms with Crippen LogP contribution in [0.4, 0.5) is 26.3 Å². The zero-order chi connectivity index (χ0) is 33.2. The fourth-order valence-electron chi connectivity index (χ4n) is 5.37. The van der Waals surface area contributed by atoms with E-state index in [1.807, 2.05) is 0 Å². The van der Waals surface area contributed by atoms with Crippen LogP contribution >= 0.6 is 11.6 Å². The quantitative estimate of drug-likeness (QED) is 0.228. The lowest BCUT2D eigenvalue weighted by molar-refractivity contribution is -0.192. The van der Waals surface area contributed by atoms with Gasteiger partial charge in [0.1, 0.15) is 5.60 Å². The predicted octanol–water partition coefficient (Wildman–Crippen LogP) is 7.10. The van der Waals surface area contributed by atoms with E-state index in [9.17, 15) is 36.2 Å². The number of amides is 1. The van der Waals surface area contributed by atoms with Gasteiger partial charge in [0.05, 0.1) is 10.5 Å². The van der Waals surface area contributed by atoms with Crippen molar-refractivity contribution in [1.29, 1.82) is 0 Å². The van der Waals surface area contributed by atoms with E-state index >= 15 is 0 Å². The number of halogens is 7. The number of carboxylic acid groups (broad SMARTS) is 1. The first-order valence-corrected chi connectivity index (χ1v) is 13.9. The summed E-state index contributed by atoms with van der Waals surface area (Å²) in [4.78, 5) is 30.7. The van der Waals surface area contributed by atoms with Crippen LogP contribution in [0.15, 0.2) is 73.1 Å². The van der Waals surface area contributed by atoms with Crippen molar-refractivity contribution in [3.63, 3.8) is 0 Å². The van der Waals surface area contributed by atoms with Gasteiger partial charge in [-0.05, 0) is 48.1 Å². The topological polar surface area (TPSA) is 104 Å². The molecule has 1 fully saturated rings. The molecule has 0 spiro atoms. The lowest BCUT2D eigenvalue weighted by atomic mass is 9.72. The van der Waals surface area contributed by atoms with Gasteiger partial charge in [0.15, 0.2) is 5.69 Å². The van der Waals surface area contributed by atoms with Crippen molar-refractivity contribution in [1.82, 2.24) is 14.9 Å². The van der Waals surface area contributed by atoms with E-state index in [0.29, 0.717) is 48.0 Å². The molecule has 14 heteroatoms. The Morgan fingerprint density at radius 1 is 0.933 bits per heavy atom.